The molecule has 1 fully saturated rings. The minimum atomic E-state index is -0.206. The van der Waals surface area contributed by atoms with Gasteiger partial charge in [-0.15, -0.1) is 0 Å². The van der Waals surface area contributed by atoms with Crippen LogP contribution in [0.4, 0.5) is 5.69 Å². The number of nitrogens with zero attached hydrogens (tertiary/aromatic N) is 1. The third-order valence-electron chi connectivity index (χ3n) is 4.45. The minimum absolute atomic E-state index is 0.0359. The molecule has 1 aliphatic carbocycles. The largest absolute Gasteiger partial charge is 0.398 e. The van der Waals surface area contributed by atoms with Gasteiger partial charge in [0.05, 0.1) is 0 Å². The van der Waals surface area contributed by atoms with Crippen LogP contribution in [0.5, 0.6) is 0 Å². The Morgan fingerprint density at radius 3 is 2.62 bits per heavy atom. The van der Waals surface area contributed by atoms with Gasteiger partial charge >= 0.3 is 0 Å². The fraction of sp³-hybridized carbons (Fsp3) is 0.625. The first-order valence-corrected chi connectivity index (χ1v) is 7.81. The summed E-state index contributed by atoms with van der Waals surface area (Å²) in [5.41, 5.74) is 5.91. The highest BCUT2D eigenvalue weighted by atomic mass is 16.2. The van der Waals surface area contributed by atoms with E-state index in [1.165, 1.54) is 48.9 Å². The zero-order chi connectivity index (χ0) is 15.2. The first-order valence-electron chi connectivity index (χ1n) is 7.81. The Morgan fingerprint density at radius 2 is 1.95 bits per heavy atom. The maximum atomic E-state index is 11.9. The van der Waals surface area contributed by atoms with E-state index in [4.69, 9.17) is 5.73 Å². The molecule has 5 heteroatoms. The highest BCUT2D eigenvalue weighted by Gasteiger charge is 2.20. The number of nitrogens with one attached hydrogen (secondary N) is 1. The Hall–Kier alpha value is -1.78. The Balaban J connectivity index is 1.78. The molecular weight excluding hydrogens is 266 g/mol. The average molecular weight is 291 g/mol. The number of nitrogens with two attached hydrogens (primary N) is 1. The van der Waals surface area contributed by atoms with Crippen LogP contribution in [0, 0.1) is 11.8 Å². The molecule has 0 aromatic carbocycles. The van der Waals surface area contributed by atoms with E-state index in [9.17, 15) is 9.59 Å². The number of nitrogen functional groups attached to an aromatic ring is 1. The quantitative estimate of drug-likeness (QED) is 0.868. The molecule has 1 aliphatic rings. The van der Waals surface area contributed by atoms with Crippen LogP contribution in [0.2, 0.25) is 0 Å². The third-order valence-corrected chi connectivity index (χ3v) is 4.45. The molecule has 1 aromatic heterocycles. The van der Waals surface area contributed by atoms with Gasteiger partial charge in [-0.1, -0.05) is 26.2 Å². The first kappa shape index (κ1) is 15.6. The monoisotopic (exact) mass is 291 g/mol. The van der Waals surface area contributed by atoms with E-state index in [-0.39, 0.29) is 18.0 Å². The number of aromatic nitrogens is 1. The van der Waals surface area contributed by atoms with Crippen LogP contribution < -0.4 is 16.6 Å². The first-order chi connectivity index (χ1) is 10.1. The summed E-state index contributed by atoms with van der Waals surface area (Å²) in [6, 6.07) is 2.93. The number of anilines is 1. The van der Waals surface area contributed by atoms with Gasteiger partial charge in [-0.05, 0) is 30.7 Å². The molecule has 1 saturated carbocycles. The zero-order valence-electron chi connectivity index (χ0n) is 12.7. The molecule has 0 aliphatic heterocycles. The van der Waals surface area contributed by atoms with Gasteiger partial charge in [-0.3, -0.25) is 9.59 Å². The van der Waals surface area contributed by atoms with Crippen molar-refractivity contribution in [1.82, 2.24) is 9.88 Å². The van der Waals surface area contributed by atoms with Gasteiger partial charge in [0, 0.05) is 24.5 Å². The second kappa shape index (κ2) is 7.29. The Kier molecular flexibility index (Phi) is 5.42. The third kappa shape index (κ3) is 4.62. The molecule has 116 valence electrons. The fourth-order valence-electron chi connectivity index (χ4n) is 2.99. The van der Waals surface area contributed by atoms with E-state index in [0.29, 0.717) is 18.2 Å². The SMILES string of the molecule is CCC1CCC(CNC(=O)Cn2cc(N)ccc2=O)CC1. The molecule has 0 spiro atoms. The van der Waals surface area contributed by atoms with Crippen LogP contribution in [0.1, 0.15) is 39.0 Å². The standard InChI is InChI=1S/C16H25N3O2/c1-2-12-3-5-13(6-4-12)9-18-15(20)11-19-10-14(17)7-8-16(19)21/h7-8,10,12-13H,2-6,9,11,17H2,1H3,(H,18,20). The summed E-state index contributed by atoms with van der Waals surface area (Å²) in [4.78, 5) is 23.5. The number of pyridine rings is 1. The number of hydrogen-bond donors (Lipinski definition) is 2. The van der Waals surface area contributed by atoms with Crippen molar-refractivity contribution in [2.24, 2.45) is 11.8 Å². The van der Waals surface area contributed by atoms with Crippen molar-refractivity contribution < 1.29 is 4.79 Å². The maximum Gasteiger partial charge on any atom is 0.251 e. The van der Waals surface area contributed by atoms with Crippen LogP contribution in [0.15, 0.2) is 23.1 Å². The minimum Gasteiger partial charge on any atom is -0.398 e. The summed E-state index contributed by atoms with van der Waals surface area (Å²) in [5.74, 6) is 1.32. The maximum absolute atomic E-state index is 11.9. The van der Waals surface area contributed by atoms with Crippen LogP contribution in [-0.2, 0) is 11.3 Å². The summed E-state index contributed by atoms with van der Waals surface area (Å²) in [6.07, 6.45) is 7.69. The molecule has 0 radical (unpaired) electrons. The Labute approximate surface area is 125 Å². The molecule has 0 saturated heterocycles. The van der Waals surface area contributed by atoms with Gasteiger partial charge in [-0.2, -0.15) is 0 Å². The van der Waals surface area contributed by atoms with Crippen LogP contribution >= 0.6 is 0 Å². The Morgan fingerprint density at radius 1 is 1.29 bits per heavy atom. The lowest BCUT2D eigenvalue weighted by molar-refractivity contribution is -0.121. The summed E-state index contributed by atoms with van der Waals surface area (Å²) < 4.78 is 1.35. The number of carbonyl (C=O) groups excluding carboxylic acids is 1. The van der Waals surface area contributed by atoms with Crippen LogP contribution in [0.3, 0.4) is 0 Å². The van der Waals surface area contributed by atoms with Gasteiger partial charge in [0.25, 0.3) is 5.56 Å². The van der Waals surface area contributed by atoms with Crippen molar-refractivity contribution in [3.63, 3.8) is 0 Å². The Bertz CT molecular complexity index is 531. The van der Waals surface area contributed by atoms with Gasteiger partial charge in [-0.25, -0.2) is 0 Å². The van der Waals surface area contributed by atoms with Crippen molar-refractivity contribution in [2.75, 3.05) is 12.3 Å². The van der Waals surface area contributed by atoms with E-state index in [1.54, 1.807) is 6.07 Å². The summed E-state index contributed by atoms with van der Waals surface area (Å²) >= 11 is 0. The number of amides is 1. The van der Waals surface area contributed by atoms with Gasteiger partial charge in [0.15, 0.2) is 0 Å². The van der Waals surface area contributed by atoms with Crippen molar-refractivity contribution >= 4 is 11.6 Å². The lowest BCUT2D eigenvalue weighted by atomic mass is 9.81. The molecule has 1 aromatic rings. The van der Waals surface area contributed by atoms with Crippen molar-refractivity contribution in [3.05, 3.63) is 28.7 Å². The normalized spacial score (nSPS) is 22.0. The lowest BCUT2D eigenvalue weighted by Crippen LogP contribution is -2.35. The molecule has 21 heavy (non-hydrogen) atoms. The van der Waals surface area contributed by atoms with Crippen LogP contribution in [0.25, 0.3) is 0 Å². The second-order valence-electron chi connectivity index (χ2n) is 6.03. The molecule has 0 atom stereocenters. The lowest BCUT2D eigenvalue weighted by Gasteiger charge is -2.27. The highest BCUT2D eigenvalue weighted by molar-refractivity contribution is 5.75. The molecule has 1 heterocycles. The zero-order valence-corrected chi connectivity index (χ0v) is 12.7. The molecule has 3 N–H and O–H groups in total. The number of hydrogen-bond acceptors (Lipinski definition) is 3. The number of rotatable bonds is 5. The smallest absolute Gasteiger partial charge is 0.251 e. The predicted octanol–water partition coefficient (Wildman–Crippen LogP) is 1.76. The summed E-state index contributed by atoms with van der Waals surface area (Å²) in [5, 5.41) is 2.94. The molecule has 0 unspecified atom stereocenters. The fourth-order valence-corrected chi connectivity index (χ4v) is 2.99. The highest BCUT2D eigenvalue weighted by Crippen LogP contribution is 2.29. The number of carbonyl (C=O) groups is 1. The predicted molar refractivity (Wildman–Crippen MR) is 83.9 cm³/mol. The molecule has 0 bridgehead atoms. The van der Waals surface area contributed by atoms with E-state index >= 15 is 0 Å². The van der Waals surface area contributed by atoms with E-state index in [0.717, 1.165) is 5.92 Å². The summed E-state index contributed by atoms with van der Waals surface area (Å²) in [6.45, 7) is 3.00. The van der Waals surface area contributed by atoms with E-state index < -0.39 is 0 Å². The van der Waals surface area contributed by atoms with Gasteiger partial charge < -0.3 is 15.6 Å². The van der Waals surface area contributed by atoms with Gasteiger partial charge in [0.2, 0.25) is 5.91 Å². The van der Waals surface area contributed by atoms with Crippen molar-refractivity contribution in [3.8, 4) is 0 Å². The summed E-state index contributed by atoms with van der Waals surface area (Å²) in [7, 11) is 0. The topological polar surface area (TPSA) is 77.1 Å². The van der Waals surface area contributed by atoms with E-state index in [1.807, 2.05) is 0 Å². The molecule has 1 amide bonds. The molecular formula is C16H25N3O2. The van der Waals surface area contributed by atoms with E-state index in [2.05, 4.69) is 12.2 Å². The van der Waals surface area contributed by atoms with Crippen LogP contribution in [-0.4, -0.2) is 17.0 Å². The molecule has 2 rings (SSSR count). The second-order valence-corrected chi connectivity index (χ2v) is 6.03. The van der Waals surface area contributed by atoms with Gasteiger partial charge in [0.1, 0.15) is 6.54 Å². The van der Waals surface area contributed by atoms with Crippen molar-refractivity contribution in [1.29, 1.82) is 0 Å². The van der Waals surface area contributed by atoms with Crippen molar-refractivity contribution in [2.45, 2.75) is 45.6 Å². The molecule has 5 nitrogen and oxygen atoms in total. The average Bonchev–Trinajstić information content (AvgIpc) is 2.49.